The maximum atomic E-state index is 14.2. The molecule has 2 aliphatic rings. The smallest absolute Gasteiger partial charge is 0.142 e. The maximum absolute atomic E-state index is 14.2. The normalized spacial score (nSPS) is 16.9. The van der Waals surface area contributed by atoms with Gasteiger partial charge in [0.1, 0.15) is 11.6 Å². The molecule has 166 valence electrons. The second-order valence-electron chi connectivity index (χ2n) is 8.39. The zero-order valence-corrected chi connectivity index (χ0v) is 19.4. The van der Waals surface area contributed by atoms with E-state index in [9.17, 15) is 4.39 Å². The number of aryl methyl sites for hydroxylation is 1. The quantitative estimate of drug-likeness (QED) is 0.430. The zero-order chi connectivity index (χ0) is 22.2. The molecule has 5 nitrogen and oxygen atoms in total. The van der Waals surface area contributed by atoms with Crippen molar-refractivity contribution in [3.05, 3.63) is 63.6 Å². The van der Waals surface area contributed by atoms with Crippen LogP contribution in [0.4, 0.5) is 15.9 Å². The van der Waals surface area contributed by atoms with Crippen molar-refractivity contribution in [2.24, 2.45) is 0 Å². The van der Waals surface area contributed by atoms with Crippen molar-refractivity contribution in [2.45, 2.75) is 38.6 Å². The Morgan fingerprint density at radius 2 is 1.81 bits per heavy atom. The zero-order valence-electron chi connectivity index (χ0n) is 17.9. The van der Waals surface area contributed by atoms with Gasteiger partial charge in [0.25, 0.3) is 0 Å². The highest BCUT2D eigenvalue weighted by Crippen LogP contribution is 2.40. The van der Waals surface area contributed by atoms with Crippen molar-refractivity contribution in [1.82, 2.24) is 15.2 Å². The molecule has 0 N–H and O–H groups in total. The van der Waals surface area contributed by atoms with Gasteiger partial charge >= 0.3 is 0 Å². The van der Waals surface area contributed by atoms with E-state index in [1.807, 2.05) is 25.3 Å². The molecule has 0 radical (unpaired) electrons. The van der Waals surface area contributed by atoms with Crippen LogP contribution in [0, 0.1) is 5.82 Å². The fraction of sp³-hybridized carbons (Fsp3) is 0.375. The van der Waals surface area contributed by atoms with E-state index in [2.05, 4.69) is 31.0 Å². The number of benzene rings is 1. The summed E-state index contributed by atoms with van der Waals surface area (Å²) in [5.41, 5.74) is 4.19. The van der Waals surface area contributed by atoms with Crippen molar-refractivity contribution < 1.29 is 4.39 Å². The van der Waals surface area contributed by atoms with E-state index >= 15 is 0 Å². The fourth-order valence-corrected chi connectivity index (χ4v) is 5.35. The number of halogens is 3. The molecule has 0 aliphatic carbocycles. The number of anilines is 2. The summed E-state index contributed by atoms with van der Waals surface area (Å²) in [7, 11) is 0. The lowest BCUT2D eigenvalue weighted by atomic mass is 10.00. The van der Waals surface area contributed by atoms with Gasteiger partial charge in [-0.3, -0.25) is 0 Å². The van der Waals surface area contributed by atoms with Crippen LogP contribution < -0.4 is 9.80 Å². The highest BCUT2D eigenvalue weighted by atomic mass is 35.5. The minimum atomic E-state index is -0.465. The molecule has 3 aromatic rings. The molecule has 1 fully saturated rings. The van der Waals surface area contributed by atoms with Crippen LogP contribution in [0.1, 0.15) is 43.5 Å². The first-order chi connectivity index (χ1) is 15.5. The highest BCUT2D eigenvalue weighted by Gasteiger charge is 2.28. The monoisotopic (exact) mass is 471 g/mol. The summed E-state index contributed by atoms with van der Waals surface area (Å²) >= 11 is 12.7. The number of nitrogens with zero attached hydrogens (tertiary/aromatic N) is 5. The van der Waals surface area contributed by atoms with Gasteiger partial charge in [0.05, 0.1) is 28.1 Å². The van der Waals surface area contributed by atoms with Gasteiger partial charge in [-0.05, 0) is 62.9 Å². The van der Waals surface area contributed by atoms with Gasteiger partial charge in [-0.25, -0.2) is 9.37 Å². The Morgan fingerprint density at radius 1 is 1.00 bits per heavy atom. The van der Waals surface area contributed by atoms with Crippen molar-refractivity contribution in [2.75, 3.05) is 29.4 Å². The van der Waals surface area contributed by atoms with Gasteiger partial charge in [0.2, 0.25) is 0 Å². The van der Waals surface area contributed by atoms with E-state index in [0.29, 0.717) is 10.6 Å². The molecule has 0 amide bonds. The average Bonchev–Trinajstić information content (AvgIpc) is 3.36. The van der Waals surface area contributed by atoms with Crippen LogP contribution in [0.25, 0.3) is 11.3 Å². The van der Waals surface area contributed by atoms with Crippen LogP contribution in [-0.2, 0) is 6.42 Å². The molecule has 1 saturated heterocycles. The average molecular weight is 472 g/mol. The van der Waals surface area contributed by atoms with Crippen molar-refractivity contribution >= 4 is 34.7 Å². The SMILES string of the molecule is CC(c1c(Cl)ccc(F)c1Cl)N1CCCc2nnc(-c3ccc(N4CCCC4)nc3)cc21. The number of hydrogen-bond donors (Lipinski definition) is 0. The standard InChI is InChI=1S/C24H24Cl2FN5/c1-15(23-17(25)7-8-18(27)24(23)26)32-12-4-5-19-21(32)13-20(30-29-19)16-6-9-22(28-14-16)31-10-2-3-11-31/h6-9,13-15H,2-5,10-12H2,1H3. The first-order valence-corrected chi connectivity index (χ1v) is 11.8. The Labute approximate surface area is 197 Å². The van der Waals surface area contributed by atoms with Gasteiger partial charge in [-0.2, -0.15) is 10.2 Å². The van der Waals surface area contributed by atoms with Crippen LogP contribution in [0.5, 0.6) is 0 Å². The van der Waals surface area contributed by atoms with Crippen LogP contribution in [0.15, 0.2) is 36.5 Å². The molecule has 1 atom stereocenters. The molecule has 1 aromatic carbocycles. The minimum absolute atomic E-state index is 0.0704. The molecule has 0 spiro atoms. The van der Waals surface area contributed by atoms with Gasteiger partial charge in [0.15, 0.2) is 0 Å². The number of fused-ring (bicyclic) bond motifs is 1. The topological polar surface area (TPSA) is 45.2 Å². The summed E-state index contributed by atoms with van der Waals surface area (Å²) in [4.78, 5) is 9.15. The fourth-order valence-electron chi connectivity index (χ4n) is 4.67. The summed E-state index contributed by atoms with van der Waals surface area (Å²) in [6.45, 7) is 4.91. The van der Waals surface area contributed by atoms with Crippen molar-refractivity contribution in [3.8, 4) is 11.3 Å². The van der Waals surface area contributed by atoms with Gasteiger partial charge in [0, 0.05) is 42.0 Å². The van der Waals surface area contributed by atoms with E-state index in [0.717, 1.165) is 60.9 Å². The third-order valence-corrected chi connectivity index (χ3v) is 7.12. The molecule has 0 saturated carbocycles. The molecular weight excluding hydrogens is 448 g/mol. The molecule has 32 heavy (non-hydrogen) atoms. The van der Waals surface area contributed by atoms with E-state index in [4.69, 9.17) is 23.2 Å². The summed E-state index contributed by atoms with van der Waals surface area (Å²) in [6, 6.07) is 8.79. The molecule has 1 unspecified atom stereocenters. The molecule has 0 bridgehead atoms. The second kappa shape index (κ2) is 8.83. The molecule has 2 aromatic heterocycles. The predicted octanol–water partition coefficient (Wildman–Crippen LogP) is 6.10. The summed E-state index contributed by atoms with van der Waals surface area (Å²) in [5.74, 6) is 0.538. The lowest BCUT2D eigenvalue weighted by molar-refractivity contribution is 0.591. The highest BCUT2D eigenvalue weighted by molar-refractivity contribution is 6.36. The number of hydrogen-bond acceptors (Lipinski definition) is 5. The molecule has 5 rings (SSSR count). The van der Waals surface area contributed by atoms with Crippen LogP contribution in [-0.4, -0.2) is 34.8 Å². The Kier molecular flexibility index (Phi) is 5.91. The predicted molar refractivity (Wildman–Crippen MR) is 127 cm³/mol. The molecule has 4 heterocycles. The Morgan fingerprint density at radius 3 is 2.56 bits per heavy atom. The Hall–Kier alpha value is -2.44. The molecule has 2 aliphatic heterocycles. The number of pyridine rings is 1. The molecular formula is C24H24Cl2FN5. The second-order valence-corrected chi connectivity index (χ2v) is 9.18. The van der Waals surface area contributed by atoms with E-state index in [1.165, 1.54) is 18.9 Å². The number of aromatic nitrogens is 3. The Bertz CT molecular complexity index is 1130. The summed E-state index contributed by atoms with van der Waals surface area (Å²) in [6.07, 6.45) is 6.08. The summed E-state index contributed by atoms with van der Waals surface area (Å²) in [5, 5.41) is 9.51. The van der Waals surface area contributed by atoms with Crippen molar-refractivity contribution in [3.63, 3.8) is 0 Å². The van der Waals surface area contributed by atoms with Gasteiger partial charge < -0.3 is 9.80 Å². The Balaban J connectivity index is 1.48. The number of rotatable bonds is 4. The lowest BCUT2D eigenvalue weighted by Crippen LogP contribution is -2.33. The van der Waals surface area contributed by atoms with Gasteiger partial charge in [-0.1, -0.05) is 23.2 Å². The lowest BCUT2D eigenvalue weighted by Gasteiger charge is -2.36. The van der Waals surface area contributed by atoms with E-state index in [-0.39, 0.29) is 11.1 Å². The maximum Gasteiger partial charge on any atom is 0.142 e. The van der Waals surface area contributed by atoms with Crippen LogP contribution >= 0.6 is 23.2 Å². The largest absolute Gasteiger partial charge is 0.363 e. The third kappa shape index (κ3) is 3.90. The first-order valence-electron chi connectivity index (χ1n) is 11.0. The minimum Gasteiger partial charge on any atom is -0.363 e. The summed E-state index contributed by atoms with van der Waals surface area (Å²) < 4.78 is 14.2. The van der Waals surface area contributed by atoms with Crippen LogP contribution in [0.2, 0.25) is 10.0 Å². The van der Waals surface area contributed by atoms with Crippen molar-refractivity contribution in [1.29, 1.82) is 0 Å². The van der Waals surface area contributed by atoms with Gasteiger partial charge in [-0.15, -0.1) is 0 Å². The first kappa shape index (κ1) is 21.4. The molecule has 8 heteroatoms. The van der Waals surface area contributed by atoms with E-state index in [1.54, 1.807) is 6.07 Å². The third-order valence-electron chi connectivity index (χ3n) is 6.41. The van der Waals surface area contributed by atoms with E-state index < -0.39 is 5.82 Å². The van der Waals surface area contributed by atoms with Crippen LogP contribution in [0.3, 0.4) is 0 Å².